The van der Waals surface area contributed by atoms with E-state index >= 15 is 0 Å². The molecule has 1 aliphatic rings. The van der Waals surface area contributed by atoms with Crippen LogP contribution in [0.1, 0.15) is 24.1 Å². The van der Waals surface area contributed by atoms with Crippen molar-refractivity contribution in [1.82, 2.24) is 4.90 Å². The minimum Gasteiger partial charge on any atom is -0.329 e. The maximum atomic E-state index is 11.6. The van der Waals surface area contributed by atoms with Gasteiger partial charge in [-0.15, -0.1) is 0 Å². The fourth-order valence-corrected chi connectivity index (χ4v) is 3.45. The first-order chi connectivity index (χ1) is 9.07. The number of benzene rings is 1. The maximum absolute atomic E-state index is 11.6. The van der Waals surface area contributed by atoms with Gasteiger partial charge < -0.3 is 5.73 Å². The second-order valence-corrected chi connectivity index (χ2v) is 7.45. The van der Waals surface area contributed by atoms with Crippen LogP contribution < -0.4 is 5.73 Å². The number of nitrogens with zero attached hydrogens (tertiary/aromatic N) is 1. The molecule has 2 N–H and O–H groups in total. The predicted octanol–water partition coefficient (Wildman–Crippen LogP) is 0.979. The van der Waals surface area contributed by atoms with Gasteiger partial charge in [0.05, 0.1) is 5.75 Å². The molecule has 0 saturated heterocycles. The van der Waals surface area contributed by atoms with Gasteiger partial charge in [-0.3, -0.25) is 4.90 Å². The van der Waals surface area contributed by atoms with Crippen LogP contribution in [0.4, 0.5) is 0 Å². The van der Waals surface area contributed by atoms with Crippen LogP contribution in [0.5, 0.6) is 0 Å². The van der Waals surface area contributed by atoms with E-state index in [1.807, 2.05) is 12.1 Å². The first-order valence-electron chi connectivity index (χ1n) is 6.79. The number of sulfone groups is 1. The molecule has 1 aliphatic heterocycles. The molecule has 1 heterocycles. The van der Waals surface area contributed by atoms with Crippen LogP contribution in [-0.4, -0.2) is 44.5 Å². The summed E-state index contributed by atoms with van der Waals surface area (Å²) in [4.78, 5) is 2.20. The summed E-state index contributed by atoms with van der Waals surface area (Å²) in [7, 11) is -2.91. The number of hydrogen-bond acceptors (Lipinski definition) is 4. The van der Waals surface area contributed by atoms with E-state index in [2.05, 4.69) is 17.0 Å². The molecule has 2 rings (SSSR count). The molecule has 1 aromatic carbocycles. The van der Waals surface area contributed by atoms with Crippen molar-refractivity contribution < 1.29 is 8.42 Å². The molecule has 0 radical (unpaired) electrons. The van der Waals surface area contributed by atoms with Gasteiger partial charge in [-0.1, -0.05) is 31.2 Å². The summed E-state index contributed by atoms with van der Waals surface area (Å²) in [5.74, 6) is 0.437. The molecule has 1 atom stereocenters. The minimum absolute atomic E-state index is 0.150. The van der Waals surface area contributed by atoms with E-state index in [1.165, 1.54) is 11.1 Å². The van der Waals surface area contributed by atoms with Gasteiger partial charge in [-0.05, 0) is 17.5 Å². The van der Waals surface area contributed by atoms with Crippen molar-refractivity contribution in [3.63, 3.8) is 0 Å². The van der Waals surface area contributed by atoms with E-state index in [4.69, 9.17) is 5.73 Å². The SMILES string of the molecule is CCS(=O)(=O)CCN1CCc2ccccc2C1CN. The third-order valence-corrected chi connectivity index (χ3v) is 5.56. The van der Waals surface area contributed by atoms with E-state index in [-0.39, 0.29) is 17.5 Å². The number of fused-ring (bicyclic) bond motifs is 1. The molecule has 4 nitrogen and oxygen atoms in total. The smallest absolute Gasteiger partial charge is 0.151 e. The number of hydrogen-bond donors (Lipinski definition) is 1. The normalized spacial score (nSPS) is 20.2. The molecule has 19 heavy (non-hydrogen) atoms. The van der Waals surface area contributed by atoms with E-state index < -0.39 is 9.84 Å². The highest BCUT2D eigenvalue weighted by molar-refractivity contribution is 7.91. The quantitative estimate of drug-likeness (QED) is 0.874. The Morgan fingerprint density at radius 2 is 2.11 bits per heavy atom. The fraction of sp³-hybridized carbons (Fsp3) is 0.571. The third-order valence-electron chi connectivity index (χ3n) is 3.88. The average Bonchev–Trinajstić information content (AvgIpc) is 2.44. The molecule has 0 amide bonds. The zero-order valence-electron chi connectivity index (χ0n) is 11.4. The van der Waals surface area contributed by atoms with Crippen molar-refractivity contribution in [2.75, 3.05) is 31.1 Å². The lowest BCUT2D eigenvalue weighted by atomic mass is 9.93. The Bertz CT molecular complexity index is 528. The standard InChI is InChI=1S/C14H22N2O2S/c1-2-19(17,18)10-9-16-8-7-12-5-3-4-6-13(12)14(16)11-15/h3-6,14H,2,7-11,15H2,1H3. The molecule has 0 bridgehead atoms. The third kappa shape index (κ3) is 3.35. The summed E-state index contributed by atoms with van der Waals surface area (Å²) in [5.41, 5.74) is 8.48. The summed E-state index contributed by atoms with van der Waals surface area (Å²) in [5, 5.41) is 0. The van der Waals surface area contributed by atoms with Crippen LogP contribution in [0.15, 0.2) is 24.3 Å². The monoisotopic (exact) mass is 282 g/mol. The first kappa shape index (κ1) is 14.5. The second-order valence-electron chi connectivity index (χ2n) is 4.97. The molecule has 0 spiro atoms. The Hall–Kier alpha value is -0.910. The molecule has 1 unspecified atom stereocenters. The van der Waals surface area contributed by atoms with Gasteiger partial charge >= 0.3 is 0 Å². The van der Waals surface area contributed by atoms with Gasteiger partial charge in [0.15, 0.2) is 9.84 Å². The predicted molar refractivity (Wildman–Crippen MR) is 77.8 cm³/mol. The Balaban J connectivity index is 2.12. The van der Waals surface area contributed by atoms with Gasteiger partial charge in [-0.25, -0.2) is 8.42 Å². The van der Waals surface area contributed by atoms with E-state index in [1.54, 1.807) is 6.92 Å². The lowest BCUT2D eigenvalue weighted by Crippen LogP contribution is -2.41. The largest absolute Gasteiger partial charge is 0.329 e. The fourth-order valence-electron chi connectivity index (χ4n) is 2.65. The highest BCUT2D eigenvalue weighted by atomic mass is 32.2. The van der Waals surface area contributed by atoms with Crippen LogP contribution in [0.2, 0.25) is 0 Å². The summed E-state index contributed by atoms with van der Waals surface area (Å²) in [6.45, 7) is 3.69. The first-order valence-corrected chi connectivity index (χ1v) is 8.62. The summed E-state index contributed by atoms with van der Waals surface area (Å²) in [6.07, 6.45) is 0.971. The second kappa shape index (κ2) is 6.03. The van der Waals surface area contributed by atoms with Crippen molar-refractivity contribution in [2.45, 2.75) is 19.4 Å². The van der Waals surface area contributed by atoms with Gasteiger partial charge in [0.1, 0.15) is 0 Å². The van der Waals surface area contributed by atoms with Crippen molar-refractivity contribution in [1.29, 1.82) is 0 Å². The van der Waals surface area contributed by atoms with E-state index in [0.717, 1.165) is 13.0 Å². The number of rotatable bonds is 5. The zero-order chi connectivity index (χ0) is 13.9. The van der Waals surface area contributed by atoms with Crippen LogP contribution in [-0.2, 0) is 16.3 Å². The highest BCUT2D eigenvalue weighted by Gasteiger charge is 2.26. The Morgan fingerprint density at radius 3 is 2.79 bits per heavy atom. The van der Waals surface area contributed by atoms with Crippen molar-refractivity contribution >= 4 is 9.84 Å². The molecule has 5 heteroatoms. The average molecular weight is 282 g/mol. The number of nitrogens with two attached hydrogens (primary N) is 1. The lowest BCUT2D eigenvalue weighted by molar-refractivity contribution is 0.201. The molecular weight excluding hydrogens is 260 g/mol. The van der Waals surface area contributed by atoms with E-state index in [0.29, 0.717) is 13.1 Å². The molecule has 0 aromatic heterocycles. The van der Waals surface area contributed by atoms with Gasteiger partial charge in [0, 0.05) is 31.4 Å². The Morgan fingerprint density at radius 1 is 1.37 bits per heavy atom. The van der Waals surface area contributed by atoms with Crippen molar-refractivity contribution in [2.24, 2.45) is 5.73 Å². The summed E-state index contributed by atoms with van der Waals surface area (Å²) < 4.78 is 23.2. The van der Waals surface area contributed by atoms with Crippen LogP contribution >= 0.6 is 0 Å². The van der Waals surface area contributed by atoms with Gasteiger partial charge in [-0.2, -0.15) is 0 Å². The molecule has 1 aromatic rings. The molecule has 0 saturated carbocycles. The lowest BCUT2D eigenvalue weighted by Gasteiger charge is -2.36. The van der Waals surface area contributed by atoms with Crippen LogP contribution in [0.25, 0.3) is 0 Å². The topological polar surface area (TPSA) is 63.4 Å². The van der Waals surface area contributed by atoms with Gasteiger partial charge in [0.25, 0.3) is 0 Å². The zero-order valence-corrected chi connectivity index (χ0v) is 12.2. The molecule has 0 fully saturated rings. The Labute approximate surface area is 115 Å². The van der Waals surface area contributed by atoms with Gasteiger partial charge in [0.2, 0.25) is 0 Å². The Kier molecular flexibility index (Phi) is 4.60. The van der Waals surface area contributed by atoms with E-state index in [9.17, 15) is 8.42 Å². The van der Waals surface area contributed by atoms with Crippen LogP contribution in [0.3, 0.4) is 0 Å². The summed E-state index contributed by atoms with van der Waals surface area (Å²) >= 11 is 0. The van der Waals surface area contributed by atoms with Crippen LogP contribution in [0, 0.1) is 0 Å². The van der Waals surface area contributed by atoms with Crippen molar-refractivity contribution in [3.05, 3.63) is 35.4 Å². The molecule has 0 aliphatic carbocycles. The summed E-state index contributed by atoms with van der Waals surface area (Å²) in [6, 6.07) is 8.46. The minimum atomic E-state index is -2.91. The maximum Gasteiger partial charge on any atom is 0.151 e. The highest BCUT2D eigenvalue weighted by Crippen LogP contribution is 2.28. The van der Waals surface area contributed by atoms with Crippen molar-refractivity contribution in [3.8, 4) is 0 Å². The molecule has 106 valence electrons. The molecular formula is C14H22N2O2S.